The monoisotopic (exact) mass is 548 g/mol. The van der Waals surface area contributed by atoms with Gasteiger partial charge in [-0.05, 0) is 57.7 Å². The van der Waals surface area contributed by atoms with E-state index in [2.05, 4.69) is 20.9 Å². The molecule has 0 bridgehead atoms. The average molecular weight is 549 g/mol. The molecule has 1 fully saturated rings. The van der Waals surface area contributed by atoms with Gasteiger partial charge in [0, 0.05) is 52.5 Å². The van der Waals surface area contributed by atoms with E-state index >= 15 is 0 Å². The number of nitrogens with one attached hydrogen (secondary N) is 3. The fourth-order valence-electron chi connectivity index (χ4n) is 3.56. The third kappa shape index (κ3) is 8.91. The van der Waals surface area contributed by atoms with Crippen LogP contribution in [0.15, 0.2) is 29.3 Å². The minimum atomic E-state index is -0.737. The van der Waals surface area contributed by atoms with E-state index in [-0.39, 0.29) is 40.7 Å². The summed E-state index contributed by atoms with van der Waals surface area (Å²) in [5.74, 6) is 1.39. The zero-order valence-electron chi connectivity index (χ0n) is 18.8. The summed E-state index contributed by atoms with van der Waals surface area (Å²) in [6.07, 6.45) is 4.13. The number of guanidine groups is 1. The largest absolute Gasteiger partial charge is 0.354 e. The van der Waals surface area contributed by atoms with Gasteiger partial charge in [0.15, 0.2) is 5.96 Å². The zero-order valence-corrected chi connectivity index (χ0v) is 21.9. The van der Waals surface area contributed by atoms with Crippen molar-refractivity contribution < 1.29 is 9.00 Å². The Kier molecular flexibility index (Phi) is 11.3. The SMILES string of the molecule is CCS(=O)C1CCCC(NC(=NC)NCc2cccc(C(=O)NC(C)(C)C)c2)C1.I. The van der Waals surface area contributed by atoms with Crippen LogP contribution in [0.3, 0.4) is 0 Å². The molecule has 8 heteroatoms. The maximum absolute atomic E-state index is 12.4. The summed E-state index contributed by atoms with van der Waals surface area (Å²) >= 11 is 0. The van der Waals surface area contributed by atoms with E-state index in [4.69, 9.17) is 0 Å². The molecule has 1 aromatic rings. The van der Waals surface area contributed by atoms with E-state index in [1.54, 1.807) is 7.05 Å². The third-order valence-corrected chi connectivity index (χ3v) is 6.73. The van der Waals surface area contributed by atoms with Crippen LogP contribution in [0.1, 0.15) is 69.3 Å². The topological polar surface area (TPSA) is 82.6 Å². The van der Waals surface area contributed by atoms with Crippen molar-refractivity contribution in [1.82, 2.24) is 16.0 Å². The molecule has 6 nitrogen and oxygen atoms in total. The Balaban J connectivity index is 0.00000450. The Morgan fingerprint density at radius 1 is 1.27 bits per heavy atom. The molecule has 0 saturated heterocycles. The van der Waals surface area contributed by atoms with Crippen LogP contribution in [-0.4, -0.2) is 45.7 Å². The molecule has 0 spiro atoms. The van der Waals surface area contributed by atoms with Crippen LogP contribution >= 0.6 is 24.0 Å². The molecule has 0 radical (unpaired) electrons. The first-order valence-electron chi connectivity index (χ1n) is 10.5. The second-order valence-electron chi connectivity index (χ2n) is 8.63. The van der Waals surface area contributed by atoms with Crippen molar-refractivity contribution in [3.63, 3.8) is 0 Å². The molecule has 170 valence electrons. The van der Waals surface area contributed by atoms with Gasteiger partial charge in [0.1, 0.15) is 0 Å². The molecule has 3 unspecified atom stereocenters. The van der Waals surface area contributed by atoms with Crippen molar-refractivity contribution >= 4 is 46.6 Å². The first-order chi connectivity index (χ1) is 13.7. The highest BCUT2D eigenvalue weighted by atomic mass is 127. The Morgan fingerprint density at radius 2 is 2.00 bits per heavy atom. The standard InChI is InChI=1S/C22H36N4O2S.HI/c1-6-29(28)19-12-8-11-18(14-19)25-21(23-5)24-15-16-9-7-10-17(13-16)20(27)26-22(2,3)4;/h7,9-10,13,18-19H,6,8,11-12,14-15H2,1-5H3,(H,26,27)(H2,23,24,25);1H. The smallest absolute Gasteiger partial charge is 0.251 e. The van der Waals surface area contributed by atoms with Gasteiger partial charge in [0.05, 0.1) is 0 Å². The lowest BCUT2D eigenvalue weighted by atomic mass is 9.95. The van der Waals surface area contributed by atoms with Crippen molar-refractivity contribution in [3.05, 3.63) is 35.4 Å². The second-order valence-corrected chi connectivity index (χ2v) is 10.6. The van der Waals surface area contributed by atoms with E-state index < -0.39 is 10.8 Å². The summed E-state index contributed by atoms with van der Waals surface area (Å²) in [6, 6.07) is 7.92. The lowest BCUT2D eigenvalue weighted by Crippen LogP contribution is -2.46. The molecule has 0 heterocycles. The van der Waals surface area contributed by atoms with E-state index in [0.29, 0.717) is 18.2 Å². The summed E-state index contributed by atoms with van der Waals surface area (Å²) in [5.41, 5.74) is 1.40. The predicted molar refractivity (Wildman–Crippen MR) is 137 cm³/mol. The number of benzene rings is 1. The molecule has 1 aliphatic rings. The quantitative estimate of drug-likeness (QED) is 0.289. The summed E-state index contributed by atoms with van der Waals surface area (Å²) in [7, 11) is 1.02. The van der Waals surface area contributed by atoms with Gasteiger partial charge in [0.2, 0.25) is 0 Å². The van der Waals surface area contributed by atoms with Crippen molar-refractivity contribution in [2.24, 2.45) is 4.99 Å². The normalized spacial score (nSPS) is 20.6. The number of hydrogen-bond acceptors (Lipinski definition) is 3. The predicted octanol–water partition coefficient (Wildman–Crippen LogP) is 3.58. The van der Waals surface area contributed by atoms with Crippen LogP contribution in [0.25, 0.3) is 0 Å². The van der Waals surface area contributed by atoms with Crippen LogP contribution in [0.4, 0.5) is 0 Å². The molecular formula is C22H37IN4O2S. The van der Waals surface area contributed by atoms with Crippen LogP contribution in [0.5, 0.6) is 0 Å². The summed E-state index contributed by atoms with van der Waals surface area (Å²) in [5, 5.41) is 10.1. The van der Waals surface area contributed by atoms with Gasteiger partial charge in [0.25, 0.3) is 5.91 Å². The van der Waals surface area contributed by atoms with Crippen LogP contribution < -0.4 is 16.0 Å². The molecule has 1 amide bonds. The molecule has 3 atom stereocenters. The van der Waals surface area contributed by atoms with E-state index in [9.17, 15) is 9.00 Å². The van der Waals surface area contributed by atoms with Gasteiger partial charge in [-0.15, -0.1) is 24.0 Å². The highest BCUT2D eigenvalue weighted by molar-refractivity contribution is 14.0. The van der Waals surface area contributed by atoms with Crippen LogP contribution in [-0.2, 0) is 17.3 Å². The number of carbonyl (C=O) groups is 1. The van der Waals surface area contributed by atoms with E-state index in [1.807, 2.05) is 52.0 Å². The van der Waals surface area contributed by atoms with Crippen LogP contribution in [0, 0.1) is 0 Å². The van der Waals surface area contributed by atoms with Crippen molar-refractivity contribution in [3.8, 4) is 0 Å². The summed E-state index contributed by atoms with van der Waals surface area (Å²) in [6.45, 7) is 8.48. The fourth-order valence-corrected chi connectivity index (χ4v) is 4.91. The zero-order chi connectivity index (χ0) is 21.4. The number of hydrogen-bond donors (Lipinski definition) is 3. The Hall–Kier alpha value is -1.16. The Labute approximate surface area is 200 Å². The van der Waals surface area contributed by atoms with Gasteiger partial charge in [-0.25, -0.2) is 0 Å². The number of halogens is 1. The second kappa shape index (κ2) is 12.6. The lowest BCUT2D eigenvalue weighted by Gasteiger charge is -2.30. The molecule has 3 N–H and O–H groups in total. The Bertz CT molecular complexity index is 749. The van der Waals surface area contributed by atoms with Crippen molar-refractivity contribution in [1.29, 1.82) is 0 Å². The number of rotatable bonds is 6. The minimum absolute atomic E-state index is 0. The van der Waals surface area contributed by atoms with Gasteiger partial charge in [-0.2, -0.15) is 0 Å². The first kappa shape index (κ1) is 26.9. The van der Waals surface area contributed by atoms with Gasteiger partial charge < -0.3 is 16.0 Å². The highest BCUT2D eigenvalue weighted by Gasteiger charge is 2.26. The molecule has 0 aliphatic heterocycles. The number of amides is 1. The maximum atomic E-state index is 12.4. The Morgan fingerprint density at radius 3 is 2.63 bits per heavy atom. The molecule has 0 aromatic heterocycles. The fraction of sp³-hybridized carbons (Fsp3) is 0.636. The maximum Gasteiger partial charge on any atom is 0.251 e. The average Bonchev–Trinajstić information content (AvgIpc) is 2.69. The van der Waals surface area contributed by atoms with Crippen molar-refractivity contribution in [2.75, 3.05) is 12.8 Å². The van der Waals surface area contributed by atoms with Gasteiger partial charge >= 0.3 is 0 Å². The summed E-state index contributed by atoms with van der Waals surface area (Å²) in [4.78, 5) is 16.7. The molecular weight excluding hydrogens is 511 g/mol. The molecule has 1 aromatic carbocycles. The molecule has 1 aliphatic carbocycles. The minimum Gasteiger partial charge on any atom is -0.354 e. The number of nitrogens with zero attached hydrogens (tertiary/aromatic N) is 1. The lowest BCUT2D eigenvalue weighted by molar-refractivity contribution is 0.0919. The highest BCUT2D eigenvalue weighted by Crippen LogP contribution is 2.23. The van der Waals surface area contributed by atoms with E-state index in [1.165, 1.54) is 0 Å². The van der Waals surface area contributed by atoms with E-state index in [0.717, 1.165) is 43.0 Å². The molecule has 2 rings (SSSR count). The number of aliphatic imine (C=N–C) groups is 1. The van der Waals surface area contributed by atoms with Crippen molar-refractivity contribution in [2.45, 2.75) is 76.8 Å². The summed E-state index contributed by atoms with van der Waals surface area (Å²) < 4.78 is 12.2. The van der Waals surface area contributed by atoms with Gasteiger partial charge in [-0.1, -0.05) is 25.5 Å². The van der Waals surface area contributed by atoms with Gasteiger partial charge in [-0.3, -0.25) is 14.0 Å². The molecule has 30 heavy (non-hydrogen) atoms. The van der Waals surface area contributed by atoms with Crippen LogP contribution in [0.2, 0.25) is 0 Å². The first-order valence-corrected chi connectivity index (χ1v) is 11.9. The molecule has 1 saturated carbocycles. The number of carbonyl (C=O) groups excluding carboxylic acids is 1. The third-order valence-electron chi connectivity index (χ3n) is 4.98.